The molecule has 0 heteroatoms. The van der Waals surface area contributed by atoms with E-state index in [0.717, 1.165) is 0 Å². The molecule has 0 bridgehead atoms. The molecule has 15 heavy (non-hydrogen) atoms. The molecule has 0 spiro atoms. The second-order valence-electron chi connectivity index (χ2n) is 6.11. The van der Waals surface area contributed by atoms with Gasteiger partial charge in [0, 0.05) is 0 Å². The lowest BCUT2D eigenvalue weighted by Crippen LogP contribution is -2.09. The summed E-state index contributed by atoms with van der Waals surface area (Å²) in [5.41, 5.74) is 7.09. The minimum Gasteiger partial charge on any atom is -0.0593 e. The standard InChI is InChI=1S/C15H20/c1-15(2)9-13-7-11-5-3-4-6-12(11)8-14(13)10-15/h7-8H,3-6,9-10H2,1-2H3. The summed E-state index contributed by atoms with van der Waals surface area (Å²) in [5.74, 6) is 0. The predicted octanol–water partition coefficient (Wildman–Crippen LogP) is 3.69. The van der Waals surface area contributed by atoms with Crippen molar-refractivity contribution < 1.29 is 0 Å². The Labute approximate surface area is 92.7 Å². The number of fused-ring (bicyclic) bond motifs is 2. The van der Waals surface area contributed by atoms with E-state index in [0.29, 0.717) is 5.41 Å². The Hall–Kier alpha value is -0.780. The summed E-state index contributed by atoms with van der Waals surface area (Å²) in [5, 5.41) is 0. The van der Waals surface area contributed by atoms with E-state index in [-0.39, 0.29) is 0 Å². The van der Waals surface area contributed by atoms with Crippen LogP contribution in [0.25, 0.3) is 0 Å². The van der Waals surface area contributed by atoms with Gasteiger partial charge in [-0.05, 0) is 66.2 Å². The van der Waals surface area contributed by atoms with Crippen molar-refractivity contribution in [2.45, 2.75) is 52.4 Å². The van der Waals surface area contributed by atoms with Crippen LogP contribution in [0.5, 0.6) is 0 Å². The Kier molecular flexibility index (Phi) is 1.95. The van der Waals surface area contributed by atoms with Gasteiger partial charge < -0.3 is 0 Å². The van der Waals surface area contributed by atoms with Gasteiger partial charge in [0.15, 0.2) is 0 Å². The summed E-state index contributed by atoms with van der Waals surface area (Å²) >= 11 is 0. The summed E-state index contributed by atoms with van der Waals surface area (Å²) in [7, 11) is 0. The first-order valence-electron chi connectivity index (χ1n) is 6.28. The highest BCUT2D eigenvalue weighted by atomic mass is 14.3. The van der Waals surface area contributed by atoms with Gasteiger partial charge in [0.2, 0.25) is 0 Å². The fraction of sp³-hybridized carbons (Fsp3) is 0.600. The zero-order valence-electron chi connectivity index (χ0n) is 9.90. The number of benzene rings is 1. The maximum absolute atomic E-state index is 2.51. The first-order valence-corrected chi connectivity index (χ1v) is 6.28. The molecule has 0 fully saturated rings. The highest BCUT2D eigenvalue weighted by Crippen LogP contribution is 2.38. The van der Waals surface area contributed by atoms with Crippen LogP contribution >= 0.6 is 0 Å². The summed E-state index contributed by atoms with van der Waals surface area (Å²) < 4.78 is 0. The molecule has 2 aliphatic carbocycles. The lowest BCUT2D eigenvalue weighted by molar-refractivity contribution is 0.392. The van der Waals surface area contributed by atoms with E-state index in [2.05, 4.69) is 26.0 Å². The van der Waals surface area contributed by atoms with Crippen molar-refractivity contribution in [3.05, 3.63) is 34.4 Å². The Balaban J connectivity index is 2.05. The fourth-order valence-electron chi connectivity index (χ4n) is 3.31. The average Bonchev–Trinajstić information content (AvgIpc) is 2.46. The minimum absolute atomic E-state index is 0.506. The molecule has 80 valence electrons. The summed E-state index contributed by atoms with van der Waals surface area (Å²) in [4.78, 5) is 0. The van der Waals surface area contributed by atoms with Crippen molar-refractivity contribution in [2.75, 3.05) is 0 Å². The monoisotopic (exact) mass is 200 g/mol. The molecule has 1 aromatic carbocycles. The molecule has 0 aromatic heterocycles. The third kappa shape index (κ3) is 1.60. The van der Waals surface area contributed by atoms with Crippen LogP contribution in [0.4, 0.5) is 0 Å². The third-order valence-corrected chi connectivity index (χ3v) is 4.00. The molecule has 0 amide bonds. The lowest BCUT2D eigenvalue weighted by Gasteiger charge is -2.17. The molecular weight excluding hydrogens is 180 g/mol. The van der Waals surface area contributed by atoms with Gasteiger partial charge in [-0.25, -0.2) is 0 Å². The SMILES string of the molecule is CC1(C)Cc2cc3c(cc2C1)CCCC3. The Morgan fingerprint density at radius 2 is 1.27 bits per heavy atom. The van der Waals surface area contributed by atoms with Crippen LogP contribution in [0, 0.1) is 5.41 Å². The van der Waals surface area contributed by atoms with Gasteiger partial charge in [0.05, 0.1) is 0 Å². The number of aryl methyl sites for hydroxylation is 2. The Bertz CT molecular complexity index is 362. The van der Waals surface area contributed by atoms with Crippen LogP contribution in [-0.2, 0) is 25.7 Å². The van der Waals surface area contributed by atoms with Crippen molar-refractivity contribution in [3.63, 3.8) is 0 Å². The van der Waals surface area contributed by atoms with Crippen LogP contribution in [-0.4, -0.2) is 0 Å². The lowest BCUT2D eigenvalue weighted by atomic mass is 9.89. The van der Waals surface area contributed by atoms with E-state index in [1.54, 1.807) is 22.3 Å². The van der Waals surface area contributed by atoms with Crippen molar-refractivity contribution in [2.24, 2.45) is 5.41 Å². The first-order chi connectivity index (χ1) is 7.14. The number of hydrogen-bond acceptors (Lipinski definition) is 0. The van der Waals surface area contributed by atoms with Gasteiger partial charge >= 0.3 is 0 Å². The molecule has 0 aliphatic heterocycles. The highest BCUT2D eigenvalue weighted by molar-refractivity contribution is 5.43. The zero-order chi connectivity index (χ0) is 10.5. The maximum atomic E-state index is 2.51. The number of hydrogen-bond donors (Lipinski definition) is 0. The average molecular weight is 200 g/mol. The molecule has 0 nitrogen and oxygen atoms in total. The minimum atomic E-state index is 0.506. The second-order valence-corrected chi connectivity index (χ2v) is 6.11. The van der Waals surface area contributed by atoms with Gasteiger partial charge in [-0.15, -0.1) is 0 Å². The molecule has 2 aliphatic rings. The Morgan fingerprint density at radius 1 is 0.800 bits per heavy atom. The summed E-state index contributed by atoms with van der Waals surface area (Å²) in [6, 6.07) is 5.02. The smallest absolute Gasteiger partial charge is 0.0221 e. The molecule has 0 atom stereocenters. The molecule has 0 saturated carbocycles. The zero-order valence-corrected chi connectivity index (χ0v) is 9.90. The molecule has 0 N–H and O–H groups in total. The molecule has 0 heterocycles. The molecule has 3 rings (SSSR count). The molecule has 0 radical (unpaired) electrons. The van der Waals surface area contributed by atoms with Crippen molar-refractivity contribution >= 4 is 0 Å². The van der Waals surface area contributed by atoms with E-state index in [4.69, 9.17) is 0 Å². The molecular formula is C15H20. The highest BCUT2D eigenvalue weighted by Gasteiger charge is 2.29. The van der Waals surface area contributed by atoms with Crippen LogP contribution in [0.2, 0.25) is 0 Å². The molecule has 1 aromatic rings. The Morgan fingerprint density at radius 3 is 1.73 bits per heavy atom. The van der Waals surface area contributed by atoms with Crippen LogP contribution in [0.3, 0.4) is 0 Å². The van der Waals surface area contributed by atoms with E-state index < -0.39 is 0 Å². The van der Waals surface area contributed by atoms with E-state index in [1.807, 2.05) is 0 Å². The summed E-state index contributed by atoms with van der Waals surface area (Å²) in [6.07, 6.45) is 8.02. The third-order valence-electron chi connectivity index (χ3n) is 4.00. The normalized spacial score (nSPS) is 22.3. The van der Waals surface area contributed by atoms with E-state index in [9.17, 15) is 0 Å². The van der Waals surface area contributed by atoms with Gasteiger partial charge in [-0.1, -0.05) is 26.0 Å². The van der Waals surface area contributed by atoms with E-state index in [1.165, 1.54) is 38.5 Å². The van der Waals surface area contributed by atoms with Crippen LogP contribution in [0.15, 0.2) is 12.1 Å². The quantitative estimate of drug-likeness (QED) is 0.599. The summed E-state index contributed by atoms with van der Waals surface area (Å²) in [6.45, 7) is 4.79. The van der Waals surface area contributed by atoms with Crippen molar-refractivity contribution in [1.82, 2.24) is 0 Å². The van der Waals surface area contributed by atoms with Gasteiger partial charge in [-0.2, -0.15) is 0 Å². The largest absolute Gasteiger partial charge is 0.0593 e. The van der Waals surface area contributed by atoms with Crippen LogP contribution in [0.1, 0.15) is 48.9 Å². The topological polar surface area (TPSA) is 0 Å². The van der Waals surface area contributed by atoms with Crippen molar-refractivity contribution in [3.8, 4) is 0 Å². The van der Waals surface area contributed by atoms with Gasteiger partial charge in [0.25, 0.3) is 0 Å². The van der Waals surface area contributed by atoms with Crippen molar-refractivity contribution in [1.29, 1.82) is 0 Å². The van der Waals surface area contributed by atoms with Gasteiger partial charge in [0.1, 0.15) is 0 Å². The second kappa shape index (κ2) is 3.10. The first kappa shape index (κ1) is 9.45. The van der Waals surface area contributed by atoms with Gasteiger partial charge in [-0.3, -0.25) is 0 Å². The predicted molar refractivity (Wildman–Crippen MR) is 64.3 cm³/mol. The molecule has 0 saturated heterocycles. The fourth-order valence-corrected chi connectivity index (χ4v) is 3.31. The maximum Gasteiger partial charge on any atom is -0.0221 e. The molecule has 0 unspecified atom stereocenters. The van der Waals surface area contributed by atoms with E-state index >= 15 is 0 Å². The van der Waals surface area contributed by atoms with Crippen LogP contribution < -0.4 is 0 Å². The number of rotatable bonds is 0.